The Morgan fingerprint density at radius 1 is 1.32 bits per heavy atom. The van der Waals surface area contributed by atoms with Gasteiger partial charge < -0.3 is 4.74 Å². The number of carbonyl (C=O) groups excluding carboxylic acids is 2. The number of methoxy groups -OCH3 is 1. The largest absolute Gasteiger partial charge is 0.469 e. The molecule has 0 bridgehead atoms. The lowest BCUT2D eigenvalue weighted by molar-refractivity contribution is -0.384. The molecule has 8 nitrogen and oxygen atoms in total. The molecule has 102 valence electrons. The minimum atomic E-state index is -0.567. The van der Waals surface area contributed by atoms with Crippen LogP contribution in [-0.2, 0) is 14.3 Å². The molecule has 1 aromatic rings. The van der Waals surface area contributed by atoms with Crippen molar-refractivity contribution in [3.8, 4) is 0 Å². The zero-order valence-corrected chi connectivity index (χ0v) is 10.2. The van der Waals surface area contributed by atoms with Gasteiger partial charge in [0.25, 0.3) is 5.69 Å². The topological polar surface area (TPSA) is 111 Å². The highest BCUT2D eigenvalue weighted by molar-refractivity contribution is 5.82. The van der Waals surface area contributed by atoms with Gasteiger partial charge in [-0.3, -0.25) is 30.6 Å². The van der Waals surface area contributed by atoms with Gasteiger partial charge >= 0.3 is 5.97 Å². The van der Waals surface area contributed by atoms with Crippen molar-refractivity contribution in [1.29, 1.82) is 0 Å². The summed E-state index contributed by atoms with van der Waals surface area (Å²) >= 11 is 0. The van der Waals surface area contributed by atoms with Gasteiger partial charge in [0, 0.05) is 12.5 Å². The Hall–Kier alpha value is -2.64. The van der Waals surface area contributed by atoms with Crippen LogP contribution in [0.1, 0.15) is 12.8 Å². The predicted molar refractivity (Wildman–Crippen MR) is 66.1 cm³/mol. The van der Waals surface area contributed by atoms with Gasteiger partial charge in [-0.05, 0) is 6.07 Å². The van der Waals surface area contributed by atoms with Crippen LogP contribution in [0.25, 0.3) is 0 Å². The van der Waals surface area contributed by atoms with Gasteiger partial charge in [0.1, 0.15) is 5.69 Å². The Morgan fingerprint density at radius 3 is 2.63 bits per heavy atom. The number of nitrogens with zero attached hydrogens (tertiary/aromatic N) is 1. The number of nitro groups is 1. The first kappa shape index (κ1) is 14.4. The molecule has 0 unspecified atom stereocenters. The third-order valence-electron chi connectivity index (χ3n) is 2.22. The molecule has 1 rings (SSSR count). The number of para-hydroxylation sites is 2. The van der Waals surface area contributed by atoms with Crippen LogP contribution in [0, 0.1) is 10.1 Å². The second-order valence-electron chi connectivity index (χ2n) is 3.52. The minimum absolute atomic E-state index is 0.0547. The quantitative estimate of drug-likeness (QED) is 0.451. The third kappa shape index (κ3) is 4.62. The average molecular weight is 267 g/mol. The molecule has 0 spiro atoms. The summed E-state index contributed by atoms with van der Waals surface area (Å²) in [5.41, 5.74) is 4.72. The molecule has 0 aromatic heterocycles. The number of anilines is 1. The van der Waals surface area contributed by atoms with Crippen LogP contribution in [-0.4, -0.2) is 23.9 Å². The van der Waals surface area contributed by atoms with E-state index in [0.29, 0.717) is 0 Å². The predicted octanol–water partition coefficient (Wildman–Crippen LogP) is 0.991. The van der Waals surface area contributed by atoms with Gasteiger partial charge in [0.05, 0.1) is 18.5 Å². The summed E-state index contributed by atoms with van der Waals surface area (Å²) in [6.45, 7) is 0. The first-order valence-corrected chi connectivity index (χ1v) is 5.39. The number of esters is 1. The molecule has 8 heteroatoms. The van der Waals surface area contributed by atoms with E-state index in [0.717, 1.165) is 0 Å². The molecule has 19 heavy (non-hydrogen) atoms. The van der Waals surface area contributed by atoms with E-state index < -0.39 is 16.8 Å². The van der Waals surface area contributed by atoms with E-state index in [1.165, 1.54) is 25.3 Å². The first-order valence-electron chi connectivity index (χ1n) is 5.39. The number of hydrogen-bond acceptors (Lipinski definition) is 6. The van der Waals surface area contributed by atoms with Crippen LogP contribution < -0.4 is 10.9 Å². The van der Waals surface area contributed by atoms with Crippen LogP contribution in [0.5, 0.6) is 0 Å². The molecule has 2 N–H and O–H groups in total. The van der Waals surface area contributed by atoms with Crippen molar-refractivity contribution >= 4 is 23.3 Å². The fourth-order valence-electron chi connectivity index (χ4n) is 1.26. The van der Waals surface area contributed by atoms with Gasteiger partial charge in [0.15, 0.2) is 0 Å². The van der Waals surface area contributed by atoms with E-state index in [1.807, 2.05) is 0 Å². The van der Waals surface area contributed by atoms with Crippen molar-refractivity contribution in [3.05, 3.63) is 34.4 Å². The van der Waals surface area contributed by atoms with Crippen LogP contribution in [0.4, 0.5) is 11.4 Å². The van der Waals surface area contributed by atoms with Gasteiger partial charge in [-0.1, -0.05) is 12.1 Å². The Morgan fingerprint density at radius 2 is 2.00 bits per heavy atom. The lowest BCUT2D eigenvalue weighted by Crippen LogP contribution is -2.30. The number of ether oxygens (including phenoxy) is 1. The van der Waals surface area contributed by atoms with Crippen molar-refractivity contribution in [2.24, 2.45) is 0 Å². The summed E-state index contributed by atoms with van der Waals surface area (Å²) in [7, 11) is 1.23. The van der Waals surface area contributed by atoms with E-state index in [9.17, 15) is 19.7 Å². The van der Waals surface area contributed by atoms with Crippen LogP contribution in [0.15, 0.2) is 24.3 Å². The molecule has 0 saturated heterocycles. The highest BCUT2D eigenvalue weighted by Crippen LogP contribution is 2.22. The summed E-state index contributed by atoms with van der Waals surface area (Å²) in [6, 6.07) is 5.87. The molecule has 0 saturated carbocycles. The Balaban J connectivity index is 2.51. The van der Waals surface area contributed by atoms with Crippen molar-refractivity contribution in [3.63, 3.8) is 0 Å². The maximum absolute atomic E-state index is 11.4. The molecule has 0 atom stereocenters. The second-order valence-corrected chi connectivity index (χ2v) is 3.52. The molecule has 1 aromatic carbocycles. The van der Waals surface area contributed by atoms with Crippen LogP contribution in [0.3, 0.4) is 0 Å². The van der Waals surface area contributed by atoms with E-state index >= 15 is 0 Å². The number of nitrogens with one attached hydrogen (secondary N) is 2. The van der Waals surface area contributed by atoms with Gasteiger partial charge in [-0.2, -0.15) is 0 Å². The molecule has 1 amide bonds. The standard InChI is InChI=1S/C11H13N3O5/c1-19-11(16)7-6-10(15)13-12-8-4-2-3-5-9(8)14(17)18/h2-5,12H,6-7H2,1H3,(H,13,15). The monoisotopic (exact) mass is 267 g/mol. The molecular weight excluding hydrogens is 254 g/mol. The number of nitro benzene ring substituents is 1. The number of carbonyl (C=O) groups is 2. The molecule has 0 heterocycles. The maximum Gasteiger partial charge on any atom is 0.306 e. The summed E-state index contributed by atoms with van der Waals surface area (Å²) in [5.74, 6) is -0.968. The van der Waals surface area contributed by atoms with E-state index in [4.69, 9.17) is 0 Å². The van der Waals surface area contributed by atoms with Gasteiger partial charge in [0.2, 0.25) is 5.91 Å². The highest BCUT2D eigenvalue weighted by atomic mass is 16.6. The Kier molecular flexibility index (Phi) is 5.27. The molecule has 0 aliphatic heterocycles. The van der Waals surface area contributed by atoms with E-state index in [1.54, 1.807) is 6.07 Å². The number of hydrogen-bond donors (Lipinski definition) is 2. The molecule has 0 aliphatic rings. The molecule has 0 aliphatic carbocycles. The van der Waals surface area contributed by atoms with Crippen molar-refractivity contribution in [2.45, 2.75) is 12.8 Å². The van der Waals surface area contributed by atoms with E-state index in [2.05, 4.69) is 15.6 Å². The number of benzene rings is 1. The normalized spacial score (nSPS) is 9.53. The Bertz CT molecular complexity index is 489. The zero-order valence-electron chi connectivity index (χ0n) is 10.2. The number of amides is 1. The summed E-state index contributed by atoms with van der Waals surface area (Å²) in [6.07, 6.45) is -0.124. The third-order valence-corrected chi connectivity index (χ3v) is 2.22. The van der Waals surface area contributed by atoms with Crippen molar-refractivity contribution in [1.82, 2.24) is 5.43 Å². The fraction of sp³-hybridized carbons (Fsp3) is 0.273. The second kappa shape index (κ2) is 6.94. The fourth-order valence-corrected chi connectivity index (χ4v) is 1.26. The Labute approximate surface area is 108 Å². The SMILES string of the molecule is COC(=O)CCC(=O)NNc1ccccc1[N+](=O)[O-]. The zero-order chi connectivity index (χ0) is 14.3. The van der Waals surface area contributed by atoms with Crippen LogP contribution >= 0.6 is 0 Å². The number of rotatable bonds is 6. The molecule has 0 radical (unpaired) electrons. The number of hydrazine groups is 1. The molecular formula is C11H13N3O5. The van der Waals surface area contributed by atoms with Gasteiger partial charge in [-0.15, -0.1) is 0 Å². The lowest BCUT2D eigenvalue weighted by Gasteiger charge is -2.08. The summed E-state index contributed by atoms with van der Waals surface area (Å²) < 4.78 is 4.39. The van der Waals surface area contributed by atoms with Crippen LogP contribution in [0.2, 0.25) is 0 Å². The average Bonchev–Trinajstić information content (AvgIpc) is 2.42. The van der Waals surface area contributed by atoms with Crippen molar-refractivity contribution in [2.75, 3.05) is 12.5 Å². The maximum atomic E-state index is 11.4. The first-order chi connectivity index (χ1) is 9.04. The van der Waals surface area contributed by atoms with E-state index in [-0.39, 0.29) is 24.2 Å². The lowest BCUT2D eigenvalue weighted by atomic mass is 10.3. The van der Waals surface area contributed by atoms with Gasteiger partial charge in [-0.25, -0.2) is 0 Å². The van der Waals surface area contributed by atoms with Crippen molar-refractivity contribution < 1.29 is 19.2 Å². The summed E-state index contributed by atoms with van der Waals surface area (Å²) in [5, 5.41) is 10.7. The molecule has 0 fully saturated rings. The smallest absolute Gasteiger partial charge is 0.306 e. The highest BCUT2D eigenvalue weighted by Gasteiger charge is 2.13. The summed E-state index contributed by atoms with van der Waals surface area (Å²) in [4.78, 5) is 32.3. The minimum Gasteiger partial charge on any atom is -0.469 e.